The lowest BCUT2D eigenvalue weighted by Gasteiger charge is -2.23. The fourth-order valence-electron chi connectivity index (χ4n) is 10.5. The predicted octanol–water partition coefficient (Wildman–Crippen LogP) is 17.2. The number of hydrogen-bond donors (Lipinski definition) is 0. The summed E-state index contributed by atoms with van der Waals surface area (Å²) in [7, 11) is 0. The Morgan fingerprint density at radius 3 is 1.68 bits per heavy atom. The van der Waals surface area contributed by atoms with Crippen molar-refractivity contribution in [1.29, 1.82) is 0 Å². The van der Waals surface area contributed by atoms with Gasteiger partial charge in [0.15, 0.2) is 0 Å². The molecule has 0 spiro atoms. The Hall–Kier alpha value is -6.58. The Kier molecular flexibility index (Phi) is 6.92. The van der Waals surface area contributed by atoms with Crippen LogP contribution >= 0.6 is 22.7 Å². The Morgan fingerprint density at radius 1 is 0.339 bits per heavy atom. The summed E-state index contributed by atoms with van der Waals surface area (Å²) in [6, 6.07) is 68.4. The van der Waals surface area contributed by atoms with E-state index >= 15 is 0 Å². The fraction of sp³-hybridized carbons (Fsp3) is 0.0526. The van der Waals surface area contributed by atoms with Crippen LogP contribution in [0, 0.1) is 0 Å². The molecule has 0 fully saturated rings. The van der Waals surface area contributed by atoms with Crippen LogP contribution in [-0.4, -0.2) is 0 Å². The molecule has 0 atom stereocenters. The third-order valence-corrected chi connectivity index (χ3v) is 15.8. The van der Waals surface area contributed by atoms with E-state index in [0.29, 0.717) is 0 Å². The third kappa shape index (κ3) is 4.65. The molecule has 0 unspecified atom stereocenters. The lowest BCUT2D eigenvalue weighted by Crippen LogP contribution is -2.15. The zero-order chi connectivity index (χ0) is 39.0. The molecular weight excluding hydrogens is 749 g/mol. The minimum atomic E-state index is -0.155. The van der Waals surface area contributed by atoms with Gasteiger partial charge in [-0.3, -0.25) is 0 Å². The fourth-order valence-corrected chi connectivity index (χ4v) is 13.2. The quantitative estimate of drug-likeness (QED) is 0.157. The zero-order valence-corrected chi connectivity index (χ0v) is 34.3. The molecule has 0 aliphatic heterocycles. The van der Waals surface area contributed by atoms with Crippen molar-refractivity contribution in [2.75, 3.05) is 0 Å². The van der Waals surface area contributed by atoms with E-state index in [0.717, 1.165) is 0 Å². The monoisotopic (exact) mass is 784 g/mol. The Labute approximate surface area is 350 Å². The molecule has 59 heavy (non-hydrogen) atoms. The number of hydrogen-bond acceptors (Lipinski definition) is 2. The van der Waals surface area contributed by atoms with Crippen molar-refractivity contribution in [1.82, 2.24) is 0 Å². The minimum absolute atomic E-state index is 0.155. The van der Waals surface area contributed by atoms with E-state index in [1.165, 1.54) is 128 Å². The summed E-state index contributed by atoms with van der Waals surface area (Å²) in [5, 5.41) is 13.2. The summed E-state index contributed by atoms with van der Waals surface area (Å²) in [5.41, 5.74) is 13.0. The van der Waals surface area contributed by atoms with Crippen LogP contribution in [0.15, 0.2) is 182 Å². The molecule has 13 rings (SSSR count). The standard InChI is InChI=1S/C57H36S2/c1-57(2)48-29-25-35(46-30-34-16-6-7-17-37(34)53-45-28-27-44-39-18-12-13-23-50(39)58-55(44)56(45)59-54(46)53)31-47(48)38-26-24-36(32-49(38)57)52-42-21-10-8-19-40(42)51(33-14-4-3-5-15-33)41-20-9-11-22-43(41)52/h3-32H,1-2H3. The average molecular weight is 785 g/mol. The molecule has 1 aliphatic carbocycles. The second-order valence-electron chi connectivity index (χ2n) is 16.7. The van der Waals surface area contributed by atoms with Gasteiger partial charge in [-0.05, 0) is 107 Å². The van der Waals surface area contributed by atoms with Crippen LogP contribution < -0.4 is 0 Å². The van der Waals surface area contributed by atoms with Crippen LogP contribution in [0.1, 0.15) is 25.0 Å². The van der Waals surface area contributed by atoms with Gasteiger partial charge in [0.1, 0.15) is 0 Å². The van der Waals surface area contributed by atoms with Crippen molar-refractivity contribution < 1.29 is 0 Å². The Balaban J connectivity index is 1.02. The number of rotatable bonds is 3. The van der Waals surface area contributed by atoms with Crippen molar-refractivity contribution in [3.05, 3.63) is 193 Å². The van der Waals surface area contributed by atoms with E-state index in [4.69, 9.17) is 0 Å². The predicted molar refractivity (Wildman–Crippen MR) is 259 cm³/mol. The number of benzene rings is 10. The van der Waals surface area contributed by atoms with Crippen molar-refractivity contribution in [2.45, 2.75) is 19.3 Å². The minimum Gasteiger partial charge on any atom is -0.134 e. The summed E-state index contributed by atoms with van der Waals surface area (Å²) in [6.45, 7) is 4.82. The molecule has 0 bridgehead atoms. The molecule has 0 nitrogen and oxygen atoms in total. The van der Waals surface area contributed by atoms with Gasteiger partial charge in [0.05, 0.1) is 9.40 Å². The summed E-state index contributed by atoms with van der Waals surface area (Å²) in [4.78, 5) is 0. The van der Waals surface area contributed by atoms with Crippen molar-refractivity contribution >= 4 is 95.3 Å². The maximum absolute atomic E-state index is 2.50. The maximum Gasteiger partial charge on any atom is 0.0534 e. The Morgan fingerprint density at radius 2 is 0.932 bits per heavy atom. The molecule has 0 amide bonds. The van der Waals surface area contributed by atoms with E-state index in [1.54, 1.807) is 0 Å². The molecule has 0 saturated heterocycles. The molecule has 10 aromatic carbocycles. The van der Waals surface area contributed by atoms with Gasteiger partial charge in [0.25, 0.3) is 0 Å². The van der Waals surface area contributed by atoms with Gasteiger partial charge in [-0.2, -0.15) is 0 Å². The van der Waals surface area contributed by atoms with E-state index in [-0.39, 0.29) is 5.41 Å². The van der Waals surface area contributed by atoms with Crippen molar-refractivity contribution in [2.24, 2.45) is 0 Å². The second-order valence-corrected chi connectivity index (χ2v) is 18.8. The first-order chi connectivity index (χ1) is 29.0. The van der Waals surface area contributed by atoms with Crippen LogP contribution in [0.3, 0.4) is 0 Å². The smallest absolute Gasteiger partial charge is 0.0534 e. The second kappa shape index (κ2) is 12.2. The lowest BCUT2D eigenvalue weighted by molar-refractivity contribution is 0.660. The first-order valence-corrected chi connectivity index (χ1v) is 22.1. The molecular formula is C57H36S2. The van der Waals surface area contributed by atoms with Crippen LogP contribution in [0.4, 0.5) is 0 Å². The summed E-state index contributed by atoms with van der Waals surface area (Å²) in [6.07, 6.45) is 0. The topological polar surface area (TPSA) is 0 Å². The number of thiophene rings is 2. The van der Waals surface area contributed by atoms with Gasteiger partial charge in [0.2, 0.25) is 0 Å². The highest BCUT2D eigenvalue weighted by Gasteiger charge is 2.36. The zero-order valence-electron chi connectivity index (χ0n) is 32.6. The highest BCUT2D eigenvalue weighted by atomic mass is 32.1. The van der Waals surface area contributed by atoms with Crippen LogP contribution in [0.5, 0.6) is 0 Å². The molecule has 0 radical (unpaired) electrons. The maximum atomic E-state index is 2.50. The Bertz CT molecular complexity index is 3690. The molecule has 12 aromatic rings. The van der Waals surface area contributed by atoms with Gasteiger partial charge in [-0.25, -0.2) is 0 Å². The van der Waals surface area contributed by atoms with Gasteiger partial charge in [0, 0.05) is 41.9 Å². The molecule has 1 aliphatic rings. The van der Waals surface area contributed by atoms with Crippen molar-refractivity contribution in [3.63, 3.8) is 0 Å². The molecule has 0 saturated carbocycles. The van der Waals surface area contributed by atoms with E-state index in [2.05, 4.69) is 196 Å². The highest BCUT2D eigenvalue weighted by molar-refractivity contribution is 7.33. The highest BCUT2D eigenvalue weighted by Crippen LogP contribution is 2.54. The normalized spacial score (nSPS) is 13.4. The summed E-state index contributed by atoms with van der Waals surface area (Å²) >= 11 is 3.90. The molecule has 2 heteroatoms. The largest absolute Gasteiger partial charge is 0.134 e. The first kappa shape index (κ1) is 33.4. The van der Waals surface area contributed by atoms with Crippen LogP contribution in [0.2, 0.25) is 0 Å². The van der Waals surface area contributed by atoms with Gasteiger partial charge >= 0.3 is 0 Å². The lowest BCUT2D eigenvalue weighted by atomic mass is 9.80. The first-order valence-electron chi connectivity index (χ1n) is 20.5. The third-order valence-electron chi connectivity index (χ3n) is 13.2. The van der Waals surface area contributed by atoms with E-state index in [1.807, 2.05) is 22.7 Å². The SMILES string of the molecule is CC1(C)c2ccc(-c3cc4ccccc4c4c3sc3c4ccc4c5ccccc5sc43)cc2-c2ccc(-c3c4ccccc4c(-c4ccccc4)c4ccccc34)cc21. The molecule has 0 N–H and O–H groups in total. The molecule has 276 valence electrons. The van der Waals surface area contributed by atoms with Crippen molar-refractivity contribution in [3.8, 4) is 44.5 Å². The van der Waals surface area contributed by atoms with Gasteiger partial charge in [-0.1, -0.05) is 172 Å². The molecule has 2 heterocycles. The number of fused-ring (bicyclic) bond motifs is 14. The van der Waals surface area contributed by atoms with Gasteiger partial charge in [-0.15, -0.1) is 22.7 Å². The summed E-state index contributed by atoms with van der Waals surface area (Å²) < 4.78 is 5.52. The van der Waals surface area contributed by atoms with Crippen LogP contribution in [-0.2, 0) is 5.41 Å². The van der Waals surface area contributed by atoms with E-state index in [9.17, 15) is 0 Å². The average Bonchev–Trinajstić information content (AvgIpc) is 3.93. The van der Waals surface area contributed by atoms with E-state index < -0.39 is 0 Å². The summed E-state index contributed by atoms with van der Waals surface area (Å²) in [5.74, 6) is 0. The molecule has 2 aromatic heterocycles. The van der Waals surface area contributed by atoms with Gasteiger partial charge < -0.3 is 0 Å². The van der Waals surface area contributed by atoms with Crippen LogP contribution in [0.25, 0.3) is 117 Å².